The zero-order valence-electron chi connectivity index (χ0n) is 11.8. The van der Waals surface area contributed by atoms with Crippen molar-refractivity contribution in [1.82, 2.24) is 4.90 Å². The van der Waals surface area contributed by atoms with Crippen molar-refractivity contribution in [3.63, 3.8) is 0 Å². The topological polar surface area (TPSA) is 65.1 Å². The van der Waals surface area contributed by atoms with Crippen LogP contribution in [0.5, 0.6) is 17.2 Å². The Morgan fingerprint density at radius 2 is 2.10 bits per heavy atom. The van der Waals surface area contributed by atoms with E-state index in [0.717, 1.165) is 12.8 Å². The molecule has 0 bridgehead atoms. The second-order valence-electron chi connectivity index (χ2n) is 5.06. The van der Waals surface area contributed by atoms with Crippen molar-refractivity contribution in [3.05, 3.63) is 17.7 Å². The van der Waals surface area contributed by atoms with Gasteiger partial charge in [0.2, 0.25) is 6.79 Å². The molecule has 1 heterocycles. The molecule has 1 amide bonds. The number of hydrogen-bond donors (Lipinski definition) is 0. The van der Waals surface area contributed by atoms with Crippen LogP contribution >= 0.6 is 0 Å². The summed E-state index contributed by atoms with van der Waals surface area (Å²) in [7, 11) is 0. The average Bonchev–Trinajstić information content (AvgIpc) is 3.22. The van der Waals surface area contributed by atoms with Crippen LogP contribution in [0.25, 0.3) is 0 Å². The third-order valence-corrected chi connectivity index (χ3v) is 3.63. The Bertz CT molecular complexity index is 567. The minimum Gasteiger partial charge on any atom is -0.483 e. The van der Waals surface area contributed by atoms with Gasteiger partial charge in [-0.05, 0) is 25.8 Å². The second-order valence-corrected chi connectivity index (χ2v) is 5.06. The van der Waals surface area contributed by atoms with Crippen molar-refractivity contribution in [3.8, 4) is 17.2 Å². The Morgan fingerprint density at radius 3 is 2.71 bits per heavy atom. The summed E-state index contributed by atoms with van der Waals surface area (Å²) in [6, 6.07) is 3.51. The molecule has 0 radical (unpaired) electrons. The highest BCUT2D eigenvalue weighted by molar-refractivity contribution is 5.82. The summed E-state index contributed by atoms with van der Waals surface area (Å²) in [6.45, 7) is 2.67. The van der Waals surface area contributed by atoms with Gasteiger partial charge in [-0.15, -0.1) is 0 Å². The predicted molar refractivity (Wildman–Crippen MR) is 73.9 cm³/mol. The Kier molecular flexibility index (Phi) is 3.68. The molecule has 0 N–H and O–H groups in total. The smallest absolute Gasteiger partial charge is 0.260 e. The fraction of sp³-hybridized carbons (Fsp3) is 0.467. The van der Waals surface area contributed by atoms with Gasteiger partial charge >= 0.3 is 0 Å². The monoisotopic (exact) mass is 291 g/mol. The zero-order chi connectivity index (χ0) is 14.8. The van der Waals surface area contributed by atoms with E-state index in [1.807, 2.05) is 11.8 Å². The predicted octanol–water partition coefficient (Wildman–Crippen LogP) is 1.62. The first-order chi connectivity index (χ1) is 10.2. The SMILES string of the molecule is CCN(C(=O)COc1cc2c(cc1C=O)OCO2)C1CC1. The van der Waals surface area contributed by atoms with Crippen molar-refractivity contribution >= 4 is 12.2 Å². The molecule has 1 aromatic rings. The fourth-order valence-corrected chi connectivity index (χ4v) is 2.40. The number of aldehydes is 1. The molecule has 2 aliphatic rings. The first-order valence-electron chi connectivity index (χ1n) is 7.04. The van der Waals surface area contributed by atoms with Crippen LogP contribution < -0.4 is 14.2 Å². The Hall–Kier alpha value is -2.24. The van der Waals surface area contributed by atoms with Gasteiger partial charge in [0.1, 0.15) is 5.75 Å². The fourth-order valence-electron chi connectivity index (χ4n) is 2.40. The lowest BCUT2D eigenvalue weighted by Gasteiger charge is -2.20. The number of carbonyl (C=O) groups excluding carboxylic acids is 2. The summed E-state index contributed by atoms with van der Waals surface area (Å²) in [6.07, 6.45) is 2.80. The maximum atomic E-state index is 12.1. The molecule has 1 aliphatic carbocycles. The van der Waals surface area contributed by atoms with Crippen molar-refractivity contribution < 1.29 is 23.8 Å². The molecule has 0 unspecified atom stereocenters. The van der Waals surface area contributed by atoms with Crippen molar-refractivity contribution in [2.75, 3.05) is 19.9 Å². The Labute approximate surface area is 122 Å². The van der Waals surface area contributed by atoms with Gasteiger partial charge in [-0.25, -0.2) is 0 Å². The highest BCUT2D eigenvalue weighted by Crippen LogP contribution is 2.37. The van der Waals surface area contributed by atoms with E-state index in [-0.39, 0.29) is 19.3 Å². The normalized spacial score (nSPS) is 15.7. The van der Waals surface area contributed by atoms with Crippen LogP contribution in [0.1, 0.15) is 30.1 Å². The van der Waals surface area contributed by atoms with Crippen molar-refractivity contribution in [2.24, 2.45) is 0 Å². The molecule has 1 aliphatic heterocycles. The van der Waals surface area contributed by atoms with E-state index in [4.69, 9.17) is 14.2 Å². The van der Waals surface area contributed by atoms with Crippen LogP contribution in [0.15, 0.2) is 12.1 Å². The van der Waals surface area contributed by atoms with E-state index in [2.05, 4.69) is 0 Å². The molecule has 112 valence electrons. The molecular formula is C15H17NO5. The molecular weight excluding hydrogens is 274 g/mol. The van der Waals surface area contributed by atoms with Gasteiger partial charge in [-0.2, -0.15) is 0 Å². The summed E-state index contributed by atoms with van der Waals surface area (Å²) in [5.74, 6) is 1.32. The van der Waals surface area contributed by atoms with E-state index in [9.17, 15) is 9.59 Å². The summed E-state index contributed by atoms with van der Waals surface area (Å²) in [5.41, 5.74) is 0.349. The van der Waals surface area contributed by atoms with Crippen LogP contribution in [0.3, 0.4) is 0 Å². The zero-order valence-corrected chi connectivity index (χ0v) is 11.8. The van der Waals surface area contributed by atoms with Gasteiger partial charge in [-0.3, -0.25) is 9.59 Å². The molecule has 0 atom stereocenters. The van der Waals surface area contributed by atoms with E-state index in [0.29, 0.717) is 41.7 Å². The molecule has 3 rings (SSSR count). The van der Waals surface area contributed by atoms with Crippen LogP contribution in [0.2, 0.25) is 0 Å². The maximum absolute atomic E-state index is 12.1. The van der Waals surface area contributed by atoms with E-state index in [1.54, 1.807) is 12.1 Å². The standard InChI is InChI=1S/C15H17NO5/c1-2-16(11-3-4-11)15(18)8-19-12-6-14-13(20-9-21-14)5-10(12)7-17/h5-7,11H,2-4,8-9H2,1H3. The average molecular weight is 291 g/mol. The molecule has 0 aromatic heterocycles. The third-order valence-electron chi connectivity index (χ3n) is 3.63. The van der Waals surface area contributed by atoms with Crippen LogP contribution in [0.4, 0.5) is 0 Å². The van der Waals surface area contributed by atoms with Crippen LogP contribution in [0, 0.1) is 0 Å². The highest BCUT2D eigenvalue weighted by atomic mass is 16.7. The lowest BCUT2D eigenvalue weighted by Crippen LogP contribution is -2.36. The Balaban J connectivity index is 1.69. The van der Waals surface area contributed by atoms with Gasteiger partial charge < -0.3 is 19.1 Å². The van der Waals surface area contributed by atoms with Gasteiger partial charge in [0.05, 0.1) is 5.56 Å². The summed E-state index contributed by atoms with van der Waals surface area (Å²) in [4.78, 5) is 25.0. The first-order valence-corrected chi connectivity index (χ1v) is 7.04. The molecule has 1 saturated carbocycles. The van der Waals surface area contributed by atoms with Gasteiger partial charge in [-0.1, -0.05) is 0 Å². The maximum Gasteiger partial charge on any atom is 0.260 e. The van der Waals surface area contributed by atoms with Gasteiger partial charge in [0.15, 0.2) is 24.4 Å². The minimum absolute atomic E-state index is 0.0606. The number of ether oxygens (including phenoxy) is 3. The van der Waals surface area contributed by atoms with Crippen LogP contribution in [-0.4, -0.2) is 43.1 Å². The molecule has 1 aromatic carbocycles. The number of likely N-dealkylation sites (N-methyl/N-ethyl adjacent to an activating group) is 1. The minimum atomic E-state index is -0.0785. The van der Waals surface area contributed by atoms with Crippen molar-refractivity contribution in [2.45, 2.75) is 25.8 Å². The largest absolute Gasteiger partial charge is 0.483 e. The first kappa shape index (κ1) is 13.7. The molecule has 1 fully saturated rings. The van der Waals surface area contributed by atoms with Crippen LogP contribution in [-0.2, 0) is 4.79 Å². The molecule has 0 spiro atoms. The number of fused-ring (bicyclic) bond motifs is 1. The quantitative estimate of drug-likeness (QED) is 0.745. The van der Waals surface area contributed by atoms with E-state index < -0.39 is 0 Å². The lowest BCUT2D eigenvalue weighted by molar-refractivity contribution is -0.133. The summed E-state index contributed by atoms with van der Waals surface area (Å²) >= 11 is 0. The number of hydrogen-bond acceptors (Lipinski definition) is 5. The number of benzene rings is 1. The van der Waals surface area contributed by atoms with Gasteiger partial charge in [0, 0.05) is 18.7 Å². The van der Waals surface area contributed by atoms with E-state index in [1.165, 1.54) is 0 Å². The number of nitrogens with zero attached hydrogens (tertiary/aromatic N) is 1. The number of carbonyl (C=O) groups is 2. The Morgan fingerprint density at radius 1 is 1.38 bits per heavy atom. The molecule has 0 saturated heterocycles. The van der Waals surface area contributed by atoms with Crippen molar-refractivity contribution in [1.29, 1.82) is 0 Å². The van der Waals surface area contributed by atoms with Gasteiger partial charge in [0.25, 0.3) is 5.91 Å². The molecule has 6 nitrogen and oxygen atoms in total. The number of amides is 1. The van der Waals surface area contributed by atoms with E-state index >= 15 is 0 Å². The second kappa shape index (κ2) is 5.63. The summed E-state index contributed by atoms with van der Waals surface area (Å²) in [5, 5.41) is 0. The molecule has 21 heavy (non-hydrogen) atoms. The highest BCUT2D eigenvalue weighted by Gasteiger charge is 2.31. The molecule has 6 heteroatoms. The lowest BCUT2D eigenvalue weighted by atomic mass is 10.2. The third kappa shape index (κ3) is 2.79. The number of rotatable bonds is 6. The summed E-state index contributed by atoms with van der Waals surface area (Å²) < 4.78 is 16.0.